The zero-order valence-corrected chi connectivity index (χ0v) is 20.9. The number of hydrogen-bond acceptors (Lipinski definition) is 6. The van der Waals surface area contributed by atoms with E-state index in [0.29, 0.717) is 30.2 Å². The molecule has 4 rings (SSSR count). The Kier molecular flexibility index (Phi) is 7.92. The Balaban J connectivity index is 1.65. The number of carbonyl (C=O) groups is 1. The lowest BCUT2D eigenvalue weighted by molar-refractivity contribution is 0.0933. The van der Waals surface area contributed by atoms with Gasteiger partial charge in [0.25, 0.3) is 0 Å². The summed E-state index contributed by atoms with van der Waals surface area (Å²) in [6.45, 7) is 5.20. The molecule has 0 bridgehead atoms. The maximum absolute atomic E-state index is 13.4. The van der Waals surface area contributed by atoms with Crippen molar-refractivity contribution in [1.29, 1.82) is 0 Å². The highest BCUT2D eigenvalue weighted by Gasteiger charge is 2.28. The normalized spacial score (nSPS) is 16.0. The Hall–Kier alpha value is -3.11. The monoisotopic (exact) mass is 500 g/mol. The Bertz CT molecular complexity index is 1200. The number of urea groups is 1. The molecule has 0 saturated carbocycles. The first-order chi connectivity index (χ1) is 16.8. The Morgan fingerprint density at radius 3 is 2.66 bits per heavy atom. The molecule has 9 nitrogen and oxygen atoms in total. The standard InChI is InChI=1S/C25H32N4O5S/c1-19(2)27-24(30)28(16-22-10-6-12-33-22)15-21-14-26-25(29(21)17-23-11-7-13-34-23)35(31,32)18-20-8-4-3-5-9-20/h3-6,8-10,12,14,19,23H,7,11,13,15-18H2,1-2H3,(H,27,30)/t23-/m1/s1. The van der Waals surface area contributed by atoms with Crippen LogP contribution in [0.4, 0.5) is 4.79 Å². The molecule has 1 saturated heterocycles. The summed E-state index contributed by atoms with van der Waals surface area (Å²) in [6.07, 6.45) is 4.78. The van der Waals surface area contributed by atoms with Gasteiger partial charge in [0.15, 0.2) is 0 Å². The number of carbonyl (C=O) groups excluding carboxylic acids is 1. The van der Waals surface area contributed by atoms with E-state index in [1.165, 1.54) is 0 Å². The van der Waals surface area contributed by atoms with Crippen molar-refractivity contribution in [1.82, 2.24) is 19.8 Å². The minimum atomic E-state index is -3.73. The van der Waals surface area contributed by atoms with Crippen molar-refractivity contribution < 1.29 is 22.4 Å². The highest BCUT2D eigenvalue weighted by Crippen LogP contribution is 2.23. The van der Waals surface area contributed by atoms with Crippen LogP contribution in [0.2, 0.25) is 0 Å². The zero-order chi connectivity index (χ0) is 24.8. The van der Waals surface area contributed by atoms with Gasteiger partial charge in [0.05, 0.1) is 49.6 Å². The third kappa shape index (κ3) is 6.52. The predicted molar refractivity (Wildman–Crippen MR) is 130 cm³/mol. The van der Waals surface area contributed by atoms with Crippen LogP contribution in [-0.2, 0) is 40.0 Å². The average Bonchev–Trinajstić information content (AvgIpc) is 3.57. The molecule has 1 aliphatic rings. The first-order valence-corrected chi connectivity index (χ1v) is 13.5. The molecule has 0 radical (unpaired) electrons. The zero-order valence-electron chi connectivity index (χ0n) is 20.1. The van der Waals surface area contributed by atoms with E-state index in [2.05, 4.69) is 10.3 Å². The summed E-state index contributed by atoms with van der Waals surface area (Å²) >= 11 is 0. The van der Waals surface area contributed by atoms with Crippen molar-refractivity contribution in [2.45, 2.75) is 69.4 Å². The molecule has 1 N–H and O–H groups in total. The molecule has 0 spiro atoms. The molecule has 0 aliphatic carbocycles. The van der Waals surface area contributed by atoms with Gasteiger partial charge < -0.3 is 23.9 Å². The minimum absolute atomic E-state index is 0.00549. The van der Waals surface area contributed by atoms with E-state index >= 15 is 0 Å². The maximum atomic E-state index is 13.4. The molecule has 188 valence electrons. The molecule has 3 aromatic rings. The predicted octanol–water partition coefficient (Wildman–Crippen LogP) is 3.75. The Morgan fingerprint density at radius 1 is 1.20 bits per heavy atom. The SMILES string of the molecule is CC(C)NC(=O)N(Cc1ccco1)Cc1cnc(S(=O)(=O)Cc2ccccc2)n1C[C@H]1CCCO1. The topological polar surface area (TPSA) is 107 Å². The van der Waals surface area contributed by atoms with Crippen molar-refractivity contribution in [3.8, 4) is 0 Å². The van der Waals surface area contributed by atoms with Crippen LogP contribution in [0.15, 0.2) is 64.5 Å². The number of rotatable bonds is 10. The third-order valence-corrected chi connectivity index (χ3v) is 7.36. The molecule has 0 unspecified atom stereocenters. The van der Waals surface area contributed by atoms with Crippen LogP contribution in [0.5, 0.6) is 0 Å². The quantitative estimate of drug-likeness (QED) is 0.454. The summed E-state index contributed by atoms with van der Waals surface area (Å²) in [5, 5.41) is 2.91. The van der Waals surface area contributed by atoms with Crippen molar-refractivity contribution in [3.63, 3.8) is 0 Å². The molecule has 3 heterocycles. The molecule has 1 atom stereocenters. The smallest absolute Gasteiger partial charge is 0.318 e. The van der Waals surface area contributed by atoms with Crippen molar-refractivity contribution in [2.75, 3.05) is 6.61 Å². The highest BCUT2D eigenvalue weighted by molar-refractivity contribution is 7.90. The van der Waals surface area contributed by atoms with Gasteiger partial charge in [-0.2, -0.15) is 0 Å². The summed E-state index contributed by atoms with van der Waals surface area (Å²) in [4.78, 5) is 18.9. The fourth-order valence-electron chi connectivity index (χ4n) is 4.14. The lowest BCUT2D eigenvalue weighted by atomic mass is 10.2. The molecule has 1 fully saturated rings. The van der Waals surface area contributed by atoms with Gasteiger partial charge in [-0.15, -0.1) is 0 Å². The summed E-state index contributed by atoms with van der Waals surface area (Å²) in [5.74, 6) is 0.478. The van der Waals surface area contributed by atoms with E-state index < -0.39 is 9.84 Å². The molecule has 2 amide bonds. The van der Waals surface area contributed by atoms with Crippen LogP contribution in [0, 0.1) is 0 Å². The van der Waals surface area contributed by atoms with Gasteiger partial charge in [0.2, 0.25) is 15.0 Å². The van der Waals surface area contributed by atoms with Crippen LogP contribution in [0.3, 0.4) is 0 Å². The summed E-state index contributed by atoms with van der Waals surface area (Å²) < 4.78 is 39.8. The Morgan fingerprint density at radius 2 is 2.00 bits per heavy atom. The number of furan rings is 1. The van der Waals surface area contributed by atoms with Gasteiger partial charge in [0.1, 0.15) is 5.76 Å². The summed E-state index contributed by atoms with van der Waals surface area (Å²) in [6, 6.07) is 12.3. The lowest BCUT2D eigenvalue weighted by Gasteiger charge is -2.25. The molecule has 1 aliphatic heterocycles. The Labute approximate surface area is 206 Å². The second kappa shape index (κ2) is 11.1. The van der Waals surface area contributed by atoms with Crippen LogP contribution >= 0.6 is 0 Å². The number of hydrogen-bond donors (Lipinski definition) is 1. The van der Waals surface area contributed by atoms with Gasteiger partial charge in [-0.1, -0.05) is 30.3 Å². The number of amides is 2. The van der Waals surface area contributed by atoms with E-state index in [1.807, 2.05) is 32.0 Å². The summed E-state index contributed by atoms with van der Waals surface area (Å²) in [7, 11) is -3.73. The van der Waals surface area contributed by atoms with Gasteiger partial charge >= 0.3 is 6.03 Å². The average molecular weight is 501 g/mol. The minimum Gasteiger partial charge on any atom is -0.467 e. The van der Waals surface area contributed by atoms with E-state index in [0.717, 1.165) is 12.8 Å². The van der Waals surface area contributed by atoms with Gasteiger partial charge in [-0.05, 0) is 44.4 Å². The van der Waals surface area contributed by atoms with Gasteiger partial charge in [-0.3, -0.25) is 0 Å². The van der Waals surface area contributed by atoms with Crippen LogP contribution in [-0.4, -0.2) is 47.7 Å². The van der Waals surface area contributed by atoms with E-state index in [1.54, 1.807) is 46.2 Å². The number of benzene rings is 1. The molecular formula is C25H32N4O5S. The molecule has 10 heteroatoms. The van der Waals surface area contributed by atoms with Crippen LogP contribution < -0.4 is 5.32 Å². The van der Waals surface area contributed by atoms with Crippen molar-refractivity contribution >= 4 is 15.9 Å². The number of ether oxygens (including phenoxy) is 1. The fraction of sp³-hybridized carbons (Fsp3) is 0.440. The van der Waals surface area contributed by atoms with Gasteiger partial charge in [-0.25, -0.2) is 18.2 Å². The first-order valence-electron chi connectivity index (χ1n) is 11.8. The third-order valence-electron chi connectivity index (χ3n) is 5.77. The second-order valence-corrected chi connectivity index (χ2v) is 10.9. The molecular weight excluding hydrogens is 468 g/mol. The number of aromatic nitrogens is 2. The highest BCUT2D eigenvalue weighted by atomic mass is 32.2. The van der Waals surface area contributed by atoms with Crippen molar-refractivity contribution in [3.05, 3.63) is 71.9 Å². The number of sulfone groups is 1. The van der Waals surface area contributed by atoms with E-state index in [4.69, 9.17) is 9.15 Å². The summed E-state index contributed by atoms with van der Waals surface area (Å²) in [5.41, 5.74) is 1.31. The number of nitrogens with one attached hydrogen (secondary N) is 1. The molecule has 35 heavy (non-hydrogen) atoms. The maximum Gasteiger partial charge on any atom is 0.318 e. The number of imidazole rings is 1. The lowest BCUT2D eigenvalue weighted by Crippen LogP contribution is -2.42. The van der Waals surface area contributed by atoms with E-state index in [-0.39, 0.29) is 42.2 Å². The molecule has 2 aromatic heterocycles. The van der Waals surface area contributed by atoms with Gasteiger partial charge in [0, 0.05) is 12.6 Å². The largest absolute Gasteiger partial charge is 0.467 e. The first kappa shape index (κ1) is 25.0. The van der Waals surface area contributed by atoms with E-state index in [9.17, 15) is 13.2 Å². The number of nitrogens with zero attached hydrogens (tertiary/aromatic N) is 3. The second-order valence-electron chi connectivity index (χ2n) is 9.06. The van der Waals surface area contributed by atoms with Crippen LogP contribution in [0.1, 0.15) is 43.7 Å². The van der Waals surface area contributed by atoms with Crippen LogP contribution in [0.25, 0.3) is 0 Å². The fourth-order valence-corrected chi connectivity index (χ4v) is 5.64. The molecule has 1 aromatic carbocycles. The van der Waals surface area contributed by atoms with Crippen molar-refractivity contribution in [2.24, 2.45) is 0 Å².